The van der Waals surface area contributed by atoms with Crippen molar-refractivity contribution in [2.75, 3.05) is 36.4 Å². The van der Waals surface area contributed by atoms with E-state index in [-0.39, 0.29) is 10.8 Å². The first-order chi connectivity index (χ1) is 17.5. The number of benzene rings is 2. The molecule has 2 aromatic carbocycles. The van der Waals surface area contributed by atoms with Gasteiger partial charge in [-0.2, -0.15) is 4.31 Å². The molecular weight excluding hydrogens is 474 g/mol. The Morgan fingerprint density at radius 2 is 1.36 bits per heavy atom. The lowest BCUT2D eigenvalue weighted by molar-refractivity contribution is 0.102. The highest BCUT2D eigenvalue weighted by atomic mass is 32.2. The van der Waals surface area contributed by atoms with Crippen LogP contribution in [0.15, 0.2) is 65.6 Å². The first-order valence-corrected chi connectivity index (χ1v) is 14.1. The van der Waals surface area contributed by atoms with Gasteiger partial charge in [0.25, 0.3) is 5.91 Å². The average molecular weight is 506 g/mol. The van der Waals surface area contributed by atoms with Crippen LogP contribution >= 0.6 is 0 Å². The molecule has 188 valence electrons. The molecule has 9 heteroatoms. The fourth-order valence-corrected chi connectivity index (χ4v) is 6.25. The molecule has 0 spiro atoms. The molecule has 2 saturated heterocycles. The molecule has 2 aliphatic heterocycles. The lowest BCUT2D eigenvalue weighted by Crippen LogP contribution is -2.27. The van der Waals surface area contributed by atoms with Gasteiger partial charge in [0, 0.05) is 43.0 Å². The van der Waals surface area contributed by atoms with Gasteiger partial charge in [-0.15, -0.1) is 10.2 Å². The Bertz CT molecular complexity index is 1280. The second kappa shape index (κ2) is 10.8. The highest BCUT2D eigenvalue weighted by Gasteiger charge is 2.27. The maximum absolute atomic E-state index is 12.7. The zero-order valence-electron chi connectivity index (χ0n) is 20.3. The van der Waals surface area contributed by atoms with Crippen LogP contribution in [0.1, 0.15) is 48.9 Å². The van der Waals surface area contributed by atoms with E-state index in [1.807, 2.05) is 36.4 Å². The average Bonchev–Trinajstić information content (AvgIpc) is 3.33. The van der Waals surface area contributed by atoms with Crippen molar-refractivity contribution in [3.8, 4) is 11.3 Å². The molecule has 0 aliphatic carbocycles. The molecular formula is C27H31N5O3S. The normalized spacial score (nSPS) is 17.1. The van der Waals surface area contributed by atoms with Gasteiger partial charge in [-0.25, -0.2) is 8.42 Å². The quantitative estimate of drug-likeness (QED) is 0.528. The highest BCUT2D eigenvalue weighted by Crippen LogP contribution is 2.24. The Balaban J connectivity index is 1.21. The Morgan fingerprint density at radius 1 is 0.722 bits per heavy atom. The largest absolute Gasteiger partial charge is 0.355 e. The monoisotopic (exact) mass is 505 g/mol. The molecule has 2 fully saturated rings. The zero-order chi connectivity index (χ0) is 25.0. The maximum Gasteiger partial charge on any atom is 0.255 e. The summed E-state index contributed by atoms with van der Waals surface area (Å²) in [7, 11) is -3.49. The van der Waals surface area contributed by atoms with Crippen LogP contribution < -0.4 is 10.2 Å². The Kier molecular flexibility index (Phi) is 7.29. The van der Waals surface area contributed by atoms with Crippen molar-refractivity contribution >= 4 is 27.4 Å². The molecule has 5 rings (SSSR count). The van der Waals surface area contributed by atoms with Crippen molar-refractivity contribution in [3.05, 3.63) is 66.2 Å². The van der Waals surface area contributed by atoms with Crippen LogP contribution in [0.5, 0.6) is 0 Å². The number of hydrogen-bond donors (Lipinski definition) is 1. The van der Waals surface area contributed by atoms with E-state index in [0.29, 0.717) is 24.3 Å². The SMILES string of the molecule is O=C(Nc1ccc(-c2ccc(N3CCCCCC3)nn2)cc1)c1ccc(S(=O)(=O)N2CCCC2)cc1. The van der Waals surface area contributed by atoms with Gasteiger partial charge in [-0.05, 0) is 74.2 Å². The molecule has 2 aliphatic rings. The molecule has 0 unspecified atom stereocenters. The van der Waals surface area contributed by atoms with E-state index in [4.69, 9.17) is 0 Å². The van der Waals surface area contributed by atoms with E-state index < -0.39 is 10.0 Å². The second-order valence-corrected chi connectivity index (χ2v) is 11.3. The predicted molar refractivity (Wildman–Crippen MR) is 141 cm³/mol. The third kappa shape index (κ3) is 5.42. The van der Waals surface area contributed by atoms with Crippen LogP contribution in [0.25, 0.3) is 11.3 Å². The maximum atomic E-state index is 12.7. The number of nitrogens with zero attached hydrogens (tertiary/aromatic N) is 4. The molecule has 0 saturated carbocycles. The summed E-state index contributed by atoms with van der Waals surface area (Å²) < 4.78 is 26.9. The fraction of sp³-hybridized carbons (Fsp3) is 0.370. The molecule has 0 atom stereocenters. The number of rotatable bonds is 6. The molecule has 3 heterocycles. The molecule has 1 amide bonds. The lowest BCUT2D eigenvalue weighted by atomic mass is 10.1. The molecule has 36 heavy (non-hydrogen) atoms. The standard InChI is InChI=1S/C27H31N5O3S/c33-27(22-9-13-24(14-10-22)36(34,35)32-19-5-6-20-32)28-23-11-7-21(8-12-23)25-15-16-26(30-29-25)31-17-3-1-2-4-18-31/h7-16H,1-6,17-20H2,(H,28,33). The summed E-state index contributed by atoms with van der Waals surface area (Å²) in [6.45, 7) is 3.16. The Morgan fingerprint density at radius 3 is 1.97 bits per heavy atom. The minimum Gasteiger partial charge on any atom is -0.355 e. The van der Waals surface area contributed by atoms with Crippen molar-refractivity contribution in [2.45, 2.75) is 43.4 Å². The van der Waals surface area contributed by atoms with Gasteiger partial charge < -0.3 is 10.2 Å². The van der Waals surface area contributed by atoms with Crippen LogP contribution in [0.2, 0.25) is 0 Å². The van der Waals surface area contributed by atoms with Gasteiger partial charge in [0.15, 0.2) is 5.82 Å². The highest BCUT2D eigenvalue weighted by molar-refractivity contribution is 7.89. The fourth-order valence-electron chi connectivity index (χ4n) is 4.73. The molecule has 1 aromatic heterocycles. The van der Waals surface area contributed by atoms with Gasteiger partial charge in [0.05, 0.1) is 10.6 Å². The number of carbonyl (C=O) groups is 1. The predicted octanol–water partition coefficient (Wildman–Crippen LogP) is 4.56. The van der Waals surface area contributed by atoms with Crippen LogP contribution in [0.3, 0.4) is 0 Å². The number of aromatic nitrogens is 2. The van der Waals surface area contributed by atoms with Crippen LogP contribution in [-0.2, 0) is 10.0 Å². The second-order valence-electron chi connectivity index (χ2n) is 9.35. The van der Waals surface area contributed by atoms with E-state index in [9.17, 15) is 13.2 Å². The summed E-state index contributed by atoms with van der Waals surface area (Å²) in [5.41, 5.74) is 2.74. The summed E-state index contributed by atoms with van der Waals surface area (Å²) in [6.07, 6.45) is 6.70. The van der Waals surface area contributed by atoms with E-state index in [0.717, 1.165) is 43.0 Å². The number of hydrogen-bond acceptors (Lipinski definition) is 6. The summed E-state index contributed by atoms with van der Waals surface area (Å²) in [6, 6.07) is 17.6. The molecule has 0 radical (unpaired) electrons. The Labute approximate surface area is 212 Å². The number of anilines is 2. The Hall–Kier alpha value is -3.30. The van der Waals surface area contributed by atoms with Gasteiger partial charge in [0.1, 0.15) is 0 Å². The van der Waals surface area contributed by atoms with E-state index in [2.05, 4.69) is 20.4 Å². The molecule has 0 bridgehead atoms. The first kappa shape index (κ1) is 24.4. The molecule has 8 nitrogen and oxygen atoms in total. The number of sulfonamides is 1. The van der Waals surface area contributed by atoms with Crippen molar-refractivity contribution in [1.29, 1.82) is 0 Å². The summed E-state index contributed by atoms with van der Waals surface area (Å²) in [5, 5.41) is 11.7. The summed E-state index contributed by atoms with van der Waals surface area (Å²) in [5.74, 6) is 0.623. The topological polar surface area (TPSA) is 95.5 Å². The van der Waals surface area contributed by atoms with E-state index in [1.165, 1.54) is 42.1 Å². The molecule has 1 N–H and O–H groups in total. The smallest absolute Gasteiger partial charge is 0.255 e. The third-order valence-electron chi connectivity index (χ3n) is 6.84. The van der Waals surface area contributed by atoms with Gasteiger partial charge in [0.2, 0.25) is 10.0 Å². The van der Waals surface area contributed by atoms with Crippen molar-refractivity contribution in [2.24, 2.45) is 0 Å². The number of nitrogens with one attached hydrogen (secondary N) is 1. The first-order valence-electron chi connectivity index (χ1n) is 12.6. The van der Waals surface area contributed by atoms with Crippen molar-refractivity contribution in [1.82, 2.24) is 14.5 Å². The number of carbonyl (C=O) groups excluding carboxylic acids is 1. The third-order valence-corrected chi connectivity index (χ3v) is 8.75. The minimum atomic E-state index is -3.49. The molecule has 3 aromatic rings. The van der Waals surface area contributed by atoms with Crippen molar-refractivity contribution in [3.63, 3.8) is 0 Å². The van der Waals surface area contributed by atoms with Crippen LogP contribution in [0, 0.1) is 0 Å². The minimum absolute atomic E-state index is 0.216. The van der Waals surface area contributed by atoms with Crippen LogP contribution in [0.4, 0.5) is 11.5 Å². The van der Waals surface area contributed by atoms with Crippen molar-refractivity contribution < 1.29 is 13.2 Å². The van der Waals surface area contributed by atoms with Gasteiger partial charge in [-0.3, -0.25) is 4.79 Å². The van der Waals surface area contributed by atoms with Crippen LogP contribution in [-0.4, -0.2) is 55.0 Å². The summed E-state index contributed by atoms with van der Waals surface area (Å²) in [4.78, 5) is 15.2. The van der Waals surface area contributed by atoms with E-state index >= 15 is 0 Å². The van der Waals surface area contributed by atoms with Gasteiger partial charge >= 0.3 is 0 Å². The number of amides is 1. The van der Waals surface area contributed by atoms with E-state index in [1.54, 1.807) is 12.1 Å². The zero-order valence-corrected chi connectivity index (χ0v) is 21.1. The summed E-state index contributed by atoms with van der Waals surface area (Å²) >= 11 is 0. The van der Waals surface area contributed by atoms with Gasteiger partial charge in [-0.1, -0.05) is 25.0 Å². The lowest BCUT2D eigenvalue weighted by Gasteiger charge is -2.20.